The Morgan fingerprint density at radius 2 is 2.00 bits per heavy atom. The Labute approximate surface area is 122 Å². The molecule has 0 bridgehead atoms. The molecule has 0 radical (unpaired) electrons. The van der Waals surface area contributed by atoms with Crippen molar-refractivity contribution in [2.75, 3.05) is 26.7 Å². The minimum atomic E-state index is 0.744. The van der Waals surface area contributed by atoms with Crippen LogP contribution in [0.1, 0.15) is 31.2 Å². The molecule has 2 atom stereocenters. The molecule has 0 spiro atoms. The summed E-state index contributed by atoms with van der Waals surface area (Å²) >= 11 is 0. The zero-order chi connectivity index (χ0) is 13.8. The molecule has 1 aliphatic carbocycles. The highest BCUT2D eigenvalue weighted by atomic mass is 16.5. The van der Waals surface area contributed by atoms with Gasteiger partial charge in [0.15, 0.2) is 0 Å². The van der Waals surface area contributed by atoms with Crippen LogP contribution in [0, 0.1) is 0 Å². The van der Waals surface area contributed by atoms with E-state index in [0.717, 1.165) is 30.8 Å². The molecule has 20 heavy (non-hydrogen) atoms. The molecule has 1 saturated heterocycles. The molecule has 1 aromatic carbocycles. The SMILES string of the molecule is COc1ccc(CCN2CCN[C@@H]3CCCC[C@@H]32)cc1. The van der Waals surface area contributed by atoms with Crippen molar-refractivity contribution in [3.8, 4) is 5.75 Å². The molecule has 2 fully saturated rings. The summed E-state index contributed by atoms with van der Waals surface area (Å²) in [6, 6.07) is 10.0. The first kappa shape index (κ1) is 13.9. The molecule has 1 saturated carbocycles. The second-order valence-corrected chi connectivity index (χ2v) is 6.05. The van der Waals surface area contributed by atoms with Gasteiger partial charge in [-0.2, -0.15) is 0 Å². The lowest BCUT2D eigenvalue weighted by molar-refractivity contribution is 0.0893. The second kappa shape index (κ2) is 6.59. The highest BCUT2D eigenvalue weighted by Crippen LogP contribution is 2.25. The molecule has 2 aliphatic rings. The molecule has 3 nitrogen and oxygen atoms in total. The Morgan fingerprint density at radius 3 is 2.80 bits per heavy atom. The number of benzene rings is 1. The number of rotatable bonds is 4. The zero-order valence-corrected chi connectivity index (χ0v) is 12.5. The lowest BCUT2D eigenvalue weighted by atomic mass is 9.87. The van der Waals surface area contributed by atoms with Crippen LogP contribution < -0.4 is 10.1 Å². The number of hydrogen-bond donors (Lipinski definition) is 1. The van der Waals surface area contributed by atoms with Gasteiger partial charge < -0.3 is 10.1 Å². The van der Waals surface area contributed by atoms with Crippen LogP contribution >= 0.6 is 0 Å². The fourth-order valence-corrected chi connectivity index (χ4v) is 3.69. The summed E-state index contributed by atoms with van der Waals surface area (Å²) in [5.41, 5.74) is 1.41. The van der Waals surface area contributed by atoms with Crippen molar-refractivity contribution in [2.24, 2.45) is 0 Å². The van der Waals surface area contributed by atoms with Crippen LogP contribution in [0.5, 0.6) is 5.75 Å². The summed E-state index contributed by atoms with van der Waals surface area (Å²) in [5, 5.41) is 3.71. The maximum absolute atomic E-state index is 5.22. The van der Waals surface area contributed by atoms with E-state index in [2.05, 4.69) is 34.5 Å². The number of ether oxygens (including phenoxy) is 1. The maximum Gasteiger partial charge on any atom is 0.118 e. The fourth-order valence-electron chi connectivity index (χ4n) is 3.69. The van der Waals surface area contributed by atoms with Crippen molar-refractivity contribution in [1.82, 2.24) is 10.2 Å². The van der Waals surface area contributed by atoms with E-state index in [1.54, 1.807) is 7.11 Å². The van der Waals surface area contributed by atoms with Gasteiger partial charge in [0.1, 0.15) is 5.75 Å². The molecule has 0 aromatic heterocycles. The topological polar surface area (TPSA) is 24.5 Å². The van der Waals surface area contributed by atoms with Gasteiger partial charge in [-0.25, -0.2) is 0 Å². The van der Waals surface area contributed by atoms with Crippen LogP contribution in [0.4, 0.5) is 0 Å². The maximum atomic E-state index is 5.22. The van der Waals surface area contributed by atoms with Crippen LogP contribution in [-0.2, 0) is 6.42 Å². The molecule has 0 unspecified atom stereocenters. The van der Waals surface area contributed by atoms with Crippen LogP contribution in [0.3, 0.4) is 0 Å². The summed E-state index contributed by atoms with van der Waals surface area (Å²) in [4.78, 5) is 2.71. The third kappa shape index (κ3) is 3.15. The minimum Gasteiger partial charge on any atom is -0.497 e. The van der Waals surface area contributed by atoms with Crippen LogP contribution in [0.15, 0.2) is 24.3 Å². The lowest BCUT2D eigenvalue weighted by Gasteiger charge is -2.44. The highest BCUT2D eigenvalue weighted by Gasteiger charge is 2.32. The quantitative estimate of drug-likeness (QED) is 0.913. The fraction of sp³-hybridized carbons (Fsp3) is 0.647. The molecule has 0 amide bonds. The molecule has 1 heterocycles. The summed E-state index contributed by atoms with van der Waals surface area (Å²) in [6.07, 6.45) is 6.69. The second-order valence-electron chi connectivity index (χ2n) is 6.05. The van der Waals surface area contributed by atoms with Crippen LogP contribution in [-0.4, -0.2) is 43.7 Å². The molecule has 1 aliphatic heterocycles. The van der Waals surface area contributed by atoms with E-state index in [1.807, 2.05) is 0 Å². The smallest absolute Gasteiger partial charge is 0.118 e. The molecule has 1 N–H and O–H groups in total. The van der Waals surface area contributed by atoms with Crippen LogP contribution in [0.2, 0.25) is 0 Å². The Balaban J connectivity index is 1.56. The van der Waals surface area contributed by atoms with Crippen molar-refractivity contribution in [1.29, 1.82) is 0 Å². The first-order valence-electron chi connectivity index (χ1n) is 7.97. The van der Waals surface area contributed by atoms with Gasteiger partial charge in [0, 0.05) is 31.7 Å². The van der Waals surface area contributed by atoms with Gasteiger partial charge in [0.25, 0.3) is 0 Å². The average molecular weight is 274 g/mol. The normalized spacial score (nSPS) is 27.1. The Bertz CT molecular complexity index is 416. The first-order chi connectivity index (χ1) is 9.86. The van der Waals surface area contributed by atoms with E-state index in [-0.39, 0.29) is 0 Å². The van der Waals surface area contributed by atoms with Crippen molar-refractivity contribution < 1.29 is 4.74 Å². The Hall–Kier alpha value is -1.06. The van der Waals surface area contributed by atoms with Gasteiger partial charge in [-0.1, -0.05) is 25.0 Å². The lowest BCUT2D eigenvalue weighted by Crippen LogP contribution is -2.59. The number of nitrogens with zero attached hydrogens (tertiary/aromatic N) is 1. The first-order valence-corrected chi connectivity index (χ1v) is 7.97. The van der Waals surface area contributed by atoms with E-state index in [0.29, 0.717) is 0 Å². The summed E-state index contributed by atoms with van der Waals surface area (Å²) in [7, 11) is 1.72. The van der Waals surface area contributed by atoms with Crippen molar-refractivity contribution in [2.45, 2.75) is 44.2 Å². The van der Waals surface area contributed by atoms with E-state index in [9.17, 15) is 0 Å². The predicted molar refractivity (Wildman–Crippen MR) is 82.3 cm³/mol. The van der Waals surface area contributed by atoms with Gasteiger partial charge in [-0.05, 0) is 37.0 Å². The standard InChI is InChI=1S/C17H26N2O/c1-20-15-8-6-14(7-9-15)10-12-19-13-11-18-16-4-2-3-5-17(16)19/h6-9,16-18H,2-5,10-13H2,1H3/t16-,17+/m1/s1. The molecule has 3 rings (SSSR count). The van der Waals surface area contributed by atoms with Gasteiger partial charge in [-0.15, -0.1) is 0 Å². The Morgan fingerprint density at radius 1 is 1.20 bits per heavy atom. The average Bonchev–Trinajstić information content (AvgIpc) is 2.53. The molecular formula is C17H26N2O. The summed E-state index contributed by atoms with van der Waals surface area (Å²) in [6.45, 7) is 3.55. The third-order valence-corrected chi connectivity index (χ3v) is 4.85. The van der Waals surface area contributed by atoms with E-state index in [4.69, 9.17) is 4.74 Å². The van der Waals surface area contributed by atoms with Crippen LogP contribution in [0.25, 0.3) is 0 Å². The Kier molecular flexibility index (Phi) is 4.58. The molecular weight excluding hydrogens is 248 g/mol. The van der Waals surface area contributed by atoms with Gasteiger partial charge in [0.2, 0.25) is 0 Å². The highest BCUT2D eigenvalue weighted by molar-refractivity contribution is 5.27. The minimum absolute atomic E-state index is 0.744. The zero-order valence-electron chi connectivity index (χ0n) is 12.5. The number of piperazine rings is 1. The van der Waals surface area contributed by atoms with Crippen molar-refractivity contribution >= 4 is 0 Å². The molecule has 3 heteroatoms. The number of methoxy groups -OCH3 is 1. The number of hydrogen-bond acceptors (Lipinski definition) is 3. The van der Waals surface area contributed by atoms with E-state index < -0.39 is 0 Å². The monoisotopic (exact) mass is 274 g/mol. The van der Waals surface area contributed by atoms with Gasteiger partial charge in [-0.3, -0.25) is 4.90 Å². The predicted octanol–water partition coefficient (Wildman–Crippen LogP) is 2.45. The number of nitrogens with one attached hydrogen (secondary N) is 1. The van der Waals surface area contributed by atoms with Crippen molar-refractivity contribution in [3.05, 3.63) is 29.8 Å². The largest absolute Gasteiger partial charge is 0.497 e. The summed E-state index contributed by atoms with van der Waals surface area (Å²) < 4.78 is 5.22. The summed E-state index contributed by atoms with van der Waals surface area (Å²) in [5.74, 6) is 0.947. The van der Waals surface area contributed by atoms with Crippen molar-refractivity contribution in [3.63, 3.8) is 0 Å². The van der Waals surface area contributed by atoms with Gasteiger partial charge >= 0.3 is 0 Å². The molecule has 1 aromatic rings. The number of fused-ring (bicyclic) bond motifs is 1. The van der Waals surface area contributed by atoms with E-state index in [1.165, 1.54) is 44.3 Å². The molecule has 110 valence electrons. The van der Waals surface area contributed by atoms with E-state index >= 15 is 0 Å². The van der Waals surface area contributed by atoms with Gasteiger partial charge in [0.05, 0.1) is 7.11 Å². The third-order valence-electron chi connectivity index (χ3n) is 4.85.